The Morgan fingerprint density at radius 3 is 2.64 bits per heavy atom. The molecule has 0 aliphatic carbocycles. The van der Waals surface area contributed by atoms with Crippen molar-refractivity contribution >= 4 is 35.5 Å². The van der Waals surface area contributed by atoms with Crippen molar-refractivity contribution in [2.75, 3.05) is 25.1 Å². The second-order valence-corrected chi connectivity index (χ2v) is 6.91. The predicted octanol–water partition coefficient (Wildman–Crippen LogP) is -1.24. The summed E-state index contributed by atoms with van der Waals surface area (Å²) in [7, 11) is 0. The molecule has 142 valence electrons. The number of amides is 3. The number of likely N-dealkylation sites (tertiary alicyclic amines) is 1. The van der Waals surface area contributed by atoms with E-state index in [0.717, 1.165) is 5.75 Å². The average Bonchev–Trinajstić information content (AvgIpc) is 3.06. The normalized spacial score (nSPS) is 19.2. The van der Waals surface area contributed by atoms with E-state index >= 15 is 0 Å². The lowest BCUT2D eigenvalue weighted by Crippen LogP contribution is -2.52. The second-order valence-electron chi connectivity index (χ2n) is 5.92. The van der Waals surface area contributed by atoms with Crippen molar-refractivity contribution < 1.29 is 24.3 Å². The van der Waals surface area contributed by atoms with Gasteiger partial charge in [-0.1, -0.05) is 0 Å². The number of hydrogen-bond donors (Lipinski definition) is 4. The molecule has 0 aromatic carbocycles. The minimum absolute atomic E-state index is 0.254. The first-order valence-corrected chi connectivity index (χ1v) is 9.52. The lowest BCUT2D eigenvalue weighted by atomic mass is 10.1. The number of carbonyl (C=O) groups is 4. The number of nitrogens with zero attached hydrogens (tertiary/aromatic N) is 1. The van der Waals surface area contributed by atoms with E-state index in [0.29, 0.717) is 25.8 Å². The summed E-state index contributed by atoms with van der Waals surface area (Å²) in [5.41, 5.74) is 5.89. The van der Waals surface area contributed by atoms with Crippen LogP contribution in [0.25, 0.3) is 0 Å². The molecule has 1 fully saturated rings. The van der Waals surface area contributed by atoms with E-state index < -0.39 is 35.9 Å². The number of thioether (sulfide) groups is 1. The highest BCUT2D eigenvalue weighted by Crippen LogP contribution is 2.19. The van der Waals surface area contributed by atoms with Gasteiger partial charge in [-0.05, 0) is 38.2 Å². The summed E-state index contributed by atoms with van der Waals surface area (Å²) in [4.78, 5) is 48.4. The van der Waals surface area contributed by atoms with Crippen molar-refractivity contribution in [3.63, 3.8) is 0 Å². The highest BCUT2D eigenvalue weighted by Gasteiger charge is 2.36. The molecular weight excluding hydrogens is 348 g/mol. The number of carbonyl (C=O) groups excluding carboxylic acids is 3. The van der Waals surface area contributed by atoms with Gasteiger partial charge < -0.3 is 26.4 Å². The van der Waals surface area contributed by atoms with Gasteiger partial charge in [-0.2, -0.15) is 11.8 Å². The van der Waals surface area contributed by atoms with Crippen LogP contribution in [0.4, 0.5) is 0 Å². The first-order chi connectivity index (χ1) is 11.8. The quantitative estimate of drug-likeness (QED) is 0.395. The summed E-state index contributed by atoms with van der Waals surface area (Å²) in [6.45, 7) is 1.45. The molecule has 1 heterocycles. The van der Waals surface area contributed by atoms with E-state index in [1.807, 2.05) is 6.26 Å². The average molecular weight is 374 g/mol. The fraction of sp³-hybridized carbons (Fsp3) is 0.733. The first kappa shape index (κ1) is 21.2. The third-order valence-corrected chi connectivity index (χ3v) is 4.60. The Hall–Kier alpha value is -1.81. The molecule has 0 bridgehead atoms. The van der Waals surface area contributed by atoms with E-state index in [1.54, 1.807) is 11.8 Å². The van der Waals surface area contributed by atoms with Crippen LogP contribution in [0, 0.1) is 0 Å². The van der Waals surface area contributed by atoms with Gasteiger partial charge in [0.2, 0.25) is 17.7 Å². The van der Waals surface area contributed by atoms with Crippen molar-refractivity contribution in [1.29, 1.82) is 0 Å². The fourth-order valence-electron chi connectivity index (χ4n) is 2.52. The maximum Gasteiger partial charge on any atom is 0.325 e. The molecule has 10 heteroatoms. The molecule has 3 unspecified atom stereocenters. The van der Waals surface area contributed by atoms with E-state index in [9.17, 15) is 19.2 Å². The Labute approximate surface area is 151 Å². The highest BCUT2D eigenvalue weighted by atomic mass is 32.2. The lowest BCUT2D eigenvalue weighted by Gasteiger charge is -2.26. The van der Waals surface area contributed by atoms with Crippen LogP contribution in [-0.2, 0) is 19.2 Å². The standard InChI is InChI=1S/C15H26N4O5S/c1-9(15(23)24)18-12(20)8-17-13(21)11-4-3-6-19(11)14(22)10(16)5-7-25-2/h9-11H,3-8,16H2,1-2H3,(H,17,21)(H,18,20)(H,23,24). The summed E-state index contributed by atoms with van der Waals surface area (Å²) >= 11 is 1.60. The number of carboxylic acids is 1. The van der Waals surface area contributed by atoms with Crippen molar-refractivity contribution in [3.05, 3.63) is 0 Å². The number of rotatable bonds is 9. The largest absolute Gasteiger partial charge is 0.480 e. The molecule has 9 nitrogen and oxygen atoms in total. The van der Waals surface area contributed by atoms with Crippen LogP contribution in [0.3, 0.4) is 0 Å². The number of hydrogen-bond acceptors (Lipinski definition) is 6. The smallest absolute Gasteiger partial charge is 0.325 e. The Balaban J connectivity index is 2.52. The first-order valence-electron chi connectivity index (χ1n) is 8.12. The van der Waals surface area contributed by atoms with Crippen LogP contribution in [0.5, 0.6) is 0 Å². The molecule has 0 aromatic rings. The Bertz CT molecular complexity index is 516. The van der Waals surface area contributed by atoms with Gasteiger partial charge in [0.25, 0.3) is 0 Å². The summed E-state index contributed by atoms with van der Waals surface area (Å²) in [6.07, 6.45) is 3.68. The Morgan fingerprint density at radius 1 is 1.36 bits per heavy atom. The van der Waals surface area contributed by atoms with Crippen molar-refractivity contribution in [2.24, 2.45) is 5.73 Å². The molecule has 0 radical (unpaired) electrons. The molecule has 3 atom stereocenters. The van der Waals surface area contributed by atoms with Crippen LogP contribution in [0.2, 0.25) is 0 Å². The minimum Gasteiger partial charge on any atom is -0.480 e. The van der Waals surface area contributed by atoms with Gasteiger partial charge in [-0.15, -0.1) is 0 Å². The monoisotopic (exact) mass is 374 g/mol. The number of aliphatic carboxylic acids is 1. The maximum absolute atomic E-state index is 12.4. The maximum atomic E-state index is 12.4. The Morgan fingerprint density at radius 2 is 2.04 bits per heavy atom. The third-order valence-electron chi connectivity index (χ3n) is 3.96. The van der Waals surface area contributed by atoms with Gasteiger partial charge >= 0.3 is 5.97 Å². The van der Waals surface area contributed by atoms with Gasteiger partial charge in [0.05, 0.1) is 12.6 Å². The molecule has 1 rings (SSSR count). The van der Waals surface area contributed by atoms with Gasteiger partial charge in [-0.25, -0.2) is 0 Å². The zero-order valence-electron chi connectivity index (χ0n) is 14.5. The van der Waals surface area contributed by atoms with E-state index in [2.05, 4.69) is 10.6 Å². The number of nitrogens with two attached hydrogens (primary N) is 1. The lowest BCUT2D eigenvalue weighted by molar-refractivity contribution is -0.141. The molecule has 25 heavy (non-hydrogen) atoms. The molecule has 1 saturated heterocycles. The van der Waals surface area contributed by atoms with Crippen LogP contribution < -0.4 is 16.4 Å². The summed E-state index contributed by atoms with van der Waals surface area (Å²) < 4.78 is 0. The Kier molecular flexibility index (Phi) is 8.70. The number of nitrogens with one attached hydrogen (secondary N) is 2. The van der Waals surface area contributed by atoms with E-state index in [-0.39, 0.29) is 12.5 Å². The summed E-state index contributed by atoms with van der Waals surface area (Å²) in [5, 5.41) is 13.4. The van der Waals surface area contributed by atoms with Gasteiger partial charge in [0.1, 0.15) is 12.1 Å². The van der Waals surface area contributed by atoms with Gasteiger partial charge in [0.15, 0.2) is 0 Å². The molecule has 0 aromatic heterocycles. The number of carboxylic acid groups (broad SMARTS) is 1. The fourth-order valence-corrected chi connectivity index (χ4v) is 3.01. The van der Waals surface area contributed by atoms with Crippen LogP contribution in [-0.4, -0.2) is 76.9 Å². The predicted molar refractivity (Wildman–Crippen MR) is 94.0 cm³/mol. The summed E-state index contributed by atoms with van der Waals surface area (Å²) in [6, 6.07) is -2.32. The van der Waals surface area contributed by atoms with Crippen molar-refractivity contribution in [3.8, 4) is 0 Å². The highest BCUT2D eigenvalue weighted by molar-refractivity contribution is 7.98. The van der Waals surface area contributed by atoms with E-state index in [4.69, 9.17) is 10.8 Å². The van der Waals surface area contributed by atoms with Crippen molar-refractivity contribution in [2.45, 2.75) is 44.3 Å². The SMILES string of the molecule is CSCCC(N)C(=O)N1CCCC1C(=O)NCC(=O)NC(C)C(=O)O. The van der Waals surface area contributed by atoms with Crippen LogP contribution in [0.1, 0.15) is 26.2 Å². The molecule has 1 aliphatic rings. The van der Waals surface area contributed by atoms with Crippen LogP contribution >= 0.6 is 11.8 Å². The molecular formula is C15H26N4O5S. The van der Waals surface area contributed by atoms with Crippen LogP contribution in [0.15, 0.2) is 0 Å². The molecule has 5 N–H and O–H groups in total. The molecule has 1 aliphatic heterocycles. The summed E-state index contributed by atoms with van der Waals surface area (Å²) in [5.74, 6) is -1.68. The topological polar surface area (TPSA) is 142 Å². The van der Waals surface area contributed by atoms with Crippen molar-refractivity contribution in [1.82, 2.24) is 15.5 Å². The minimum atomic E-state index is -1.16. The molecule has 0 saturated carbocycles. The van der Waals surface area contributed by atoms with Gasteiger partial charge in [0, 0.05) is 6.54 Å². The zero-order chi connectivity index (χ0) is 19.0. The van der Waals surface area contributed by atoms with E-state index in [1.165, 1.54) is 11.8 Å². The molecule has 0 spiro atoms. The molecule has 3 amide bonds. The second kappa shape index (κ2) is 10.2. The third kappa shape index (κ3) is 6.54. The zero-order valence-corrected chi connectivity index (χ0v) is 15.3. The van der Waals surface area contributed by atoms with Gasteiger partial charge in [-0.3, -0.25) is 19.2 Å².